The Morgan fingerprint density at radius 3 is 2.67 bits per heavy atom. The quantitative estimate of drug-likeness (QED) is 0.664. The zero-order chi connectivity index (χ0) is 9.30. The van der Waals surface area contributed by atoms with Crippen molar-refractivity contribution >= 4 is 15.4 Å². The molecule has 4 atom stereocenters. The Morgan fingerprint density at radius 2 is 2.33 bits per heavy atom. The van der Waals surface area contributed by atoms with E-state index in [0.29, 0.717) is 5.92 Å². The van der Waals surface area contributed by atoms with Crippen molar-refractivity contribution in [3.8, 4) is 0 Å². The summed E-state index contributed by atoms with van der Waals surface area (Å²) in [5.41, 5.74) is 0. The molecule has 0 aromatic carbocycles. The van der Waals surface area contributed by atoms with Gasteiger partial charge < -0.3 is 5.11 Å². The SMILES string of the molecule is CC1CCN(P)C1[C@@H](C)C(=O)O. The van der Waals surface area contributed by atoms with Crippen LogP contribution in [-0.4, -0.2) is 28.3 Å². The van der Waals surface area contributed by atoms with Gasteiger partial charge in [-0.1, -0.05) is 23.2 Å². The molecule has 70 valence electrons. The molecule has 0 spiro atoms. The van der Waals surface area contributed by atoms with Crippen LogP contribution in [0.5, 0.6) is 0 Å². The van der Waals surface area contributed by atoms with Crippen molar-refractivity contribution in [2.45, 2.75) is 26.3 Å². The number of carboxylic acids is 1. The average Bonchev–Trinajstić information content (AvgIpc) is 2.30. The third-order valence-corrected chi connectivity index (χ3v) is 3.31. The Hall–Kier alpha value is -0.140. The molecule has 0 amide bonds. The van der Waals surface area contributed by atoms with E-state index in [4.69, 9.17) is 5.11 Å². The van der Waals surface area contributed by atoms with Crippen LogP contribution in [0.25, 0.3) is 0 Å². The van der Waals surface area contributed by atoms with E-state index in [1.807, 2.05) is 0 Å². The topological polar surface area (TPSA) is 40.5 Å². The molecule has 12 heavy (non-hydrogen) atoms. The second-order valence-electron chi connectivity index (χ2n) is 3.62. The highest BCUT2D eigenvalue weighted by Gasteiger charge is 2.36. The largest absolute Gasteiger partial charge is 0.481 e. The Morgan fingerprint density at radius 1 is 1.75 bits per heavy atom. The molecule has 0 bridgehead atoms. The summed E-state index contributed by atoms with van der Waals surface area (Å²) in [5.74, 6) is -0.463. The number of hydrogen-bond donors (Lipinski definition) is 1. The van der Waals surface area contributed by atoms with E-state index in [1.54, 1.807) is 6.92 Å². The highest BCUT2D eigenvalue weighted by atomic mass is 31.0. The van der Waals surface area contributed by atoms with Crippen LogP contribution in [0.2, 0.25) is 0 Å². The van der Waals surface area contributed by atoms with Gasteiger partial charge in [0.15, 0.2) is 0 Å². The molecule has 1 aliphatic heterocycles. The van der Waals surface area contributed by atoms with Crippen LogP contribution in [0.1, 0.15) is 20.3 Å². The van der Waals surface area contributed by atoms with Crippen LogP contribution >= 0.6 is 9.39 Å². The third-order valence-electron chi connectivity index (χ3n) is 2.71. The lowest BCUT2D eigenvalue weighted by atomic mass is 9.92. The van der Waals surface area contributed by atoms with Crippen LogP contribution in [0.4, 0.5) is 0 Å². The minimum absolute atomic E-state index is 0.187. The summed E-state index contributed by atoms with van der Waals surface area (Å²) in [6.45, 7) is 4.90. The van der Waals surface area contributed by atoms with E-state index >= 15 is 0 Å². The summed E-state index contributed by atoms with van der Waals surface area (Å²) in [6.07, 6.45) is 1.10. The van der Waals surface area contributed by atoms with Gasteiger partial charge in [0.1, 0.15) is 0 Å². The molecule has 3 nitrogen and oxygen atoms in total. The van der Waals surface area contributed by atoms with E-state index in [0.717, 1.165) is 13.0 Å². The average molecular weight is 189 g/mol. The second kappa shape index (κ2) is 3.71. The maximum absolute atomic E-state index is 10.7. The van der Waals surface area contributed by atoms with Gasteiger partial charge in [0.05, 0.1) is 5.92 Å². The molecule has 1 aliphatic rings. The summed E-state index contributed by atoms with van der Waals surface area (Å²) in [7, 11) is 2.62. The van der Waals surface area contributed by atoms with Gasteiger partial charge in [-0.3, -0.25) is 9.46 Å². The molecule has 1 rings (SSSR count). The monoisotopic (exact) mass is 189 g/mol. The van der Waals surface area contributed by atoms with Crippen LogP contribution in [0.15, 0.2) is 0 Å². The van der Waals surface area contributed by atoms with Gasteiger partial charge in [-0.2, -0.15) is 0 Å². The Bertz CT molecular complexity index is 176. The normalized spacial score (nSPS) is 33.6. The Balaban J connectivity index is 2.65. The number of rotatable bonds is 2. The van der Waals surface area contributed by atoms with Gasteiger partial charge >= 0.3 is 5.97 Å². The van der Waals surface area contributed by atoms with Crippen LogP contribution in [0, 0.1) is 11.8 Å². The van der Waals surface area contributed by atoms with E-state index < -0.39 is 5.97 Å². The fourth-order valence-electron chi connectivity index (χ4n) is 1.93. The third kappa shape index (κ3) is 1.78. The molecule has 0 radical (unpaired) electrons. The van der Waals surface area contributed by atoms with Gasteiger partial charge in [0.25, 0.3) is 0 Å². The molecular weight excluding hydrogens is 173 g/mol. The summed E-state index contributed by atoms with van der Waals surface area (Å²) >= 11 is 0. The molecule has 0 aliphatic carbocycles. The Labute approximate surface area is 75.4 Å². The number of carboxylic acid groups (broad SMARTS) is 1. The molecule has 4 heteroatoms. The maximum atomic E-state index is 10.7. The molecule has 1 heterocycles. The number of aliphatic carboxylic acids is 1. The maximum Gasteiger partial charge on any atom is 0.307 e. The van der Waals surface area contributed by atoms with Gasteiger partial charge in [0.2, 0.25) is 0 Å². The summed E-state index contributed by atoms with van der Waals surface area (Å²) in [5, 5.41) is 8.84. The lowest BCUT2D eigenvalue weighted by Gasteiger charge is -2.26. The zero-order valence-electron chi connectivity index (χ0n) is 7.53. The minimum Gasteiger partial charge on any atom is -0.481 e. The first-order chi connectivity index (χ1) is 5.54. The smallest absolute Gasteiger partial charge is 0.307 e. The summed E-state index contributed by atoms with van der Waals surface area (Å²) in [6, 6.07) is 0.187. The van der Waals surface area contributed by atoms with E-state index in [1.165, 1.54) is 0 Å². The van der Waals surface area contributed by atoms with Gasteiger partial charge in [-0.05, 0) is 12.3 Å². The van der Waals surface area contributed by atoms with E-state index in [9.17, 15) is 4.79 Å². The first kappa shape index (κ1) is 9.94. The minimum atomic E-state index is -0.693. The summed E-state index contributed by atoms with van der Waals surface area (Å²) in [4.78, 5) is 10.7. The van der Waals surface area contributed by atoms with Crippen LogP contribution in [0.3, 0.4) is 0 Å². The predicted octanol–water partition coefficient (Wildman–Crippen LogP) is 1.21. The van der Waals surface area contributed by atoms with Crippen LogP contribution < -0.4 is 0 Å². The van der Waals surface area contributed by atoms with E-state index in [2.05, 4.69) is 21.0 Å². The van der Waals surface area contributed by atoms with Crippen LogP contribution in [-0.2, 0) is 4.79 Å². The number of hydrogen-bond acceptors (Lipinski definition) is 2. The number of carbonyl (C=O) groups is 1. The fraction of sp³-hybridized carbons (Fsp3) is 0.875. The van der Waals surface area contributed by atoms with Gasteiger partial charge in [-0.25, -0.2) is 0 Å². The molecule has 0 aromatic rings. The van der Waals surface area contributed by atoms with Crippen molar-refractivity contribution in [3.63, 3.8) is 0 Å². The molecule has 1 fully saturated rings. The molecular formula is C8H16NO2P. The van der Waals surface area contributed by atoms with Crippen molar-refractivity contribution in [1.29, 1.82) is 0 Å². The highest BCUT2D eigenvalue weighted by molar-refractivity contribution is 7.13. The van der Waals surface area contributed by atoms with Crippen molar-refractivity contribution in [2.24, 2.45) is 11.8 Å². The molecule has 0 aromatic heterocycles. The summed E-state index contributed by atoms with van der Waals surface area (Å²) < 4.78 is 2.07. The molecule has 1 N–H and O–H groups in total. The van der Waals surface area contributed by atoms with Crippen molar-refractivity contribution in [2.75, 3.05) is 6.54 Å². The van der Waals surface area contributed by atoms with E-state index in [-0.39, 0.29) is 12.0 Å². The second-order valence-corrected chi connectivity index (χ2v) is 4.28. The molecule has 0 saturated carbocycles. The predicted molar refractivity (Wildman–Crippen MR) is 50.8 cm³/mol. The fourth-order valence-corrected chi connectivity index (χ4v) is 2.63. The van der Waals surface area contributed by atoms with Gasteiger partial charge in [0, 0.05) is 12.6 Å². The molecule has 1 saturated heterocycles. The first-order valence-corrected chi connectivity index (χ1v) is 4.80. The lowest BCUT2D eigenvalue weighted by molar-refractivity contribution is -0.142. The lowest BCUT2D eigenvalue weighted by Crippen LogP contribution is -2.35. The van der Waals surface area contributed by atoms with Crippen molar-refractivity contribution < 1.29 is 9.90 Å². The Kier molecular flexibility index (Phi) is 3.08. The van der Waals surface area contributed by atoms with Gasteiger partial charge in [-0.15, -0.1) is 0 Å². The van der Waals surface area contributed by atoms with Crippen molar-refractivity contribution in [1.82, 2.24) is 4.67 Å². The van der Waals surface area contributed by atoms with Crippen molar-refractivity contribution in [3.05, 3.63) is 0 Å². The first-order valence-electron chi connectivity index (χ1n) is 4.28. The standard InChI is InChI=1S/C8H16NO2P/c1-5-3-4-9(12)7(5)6(2)8(10)11/h5-7H,3-4,12H2,1-2H3,(H,10,11)/t5?,6-,7?/m1/s1. The number of nitrogens with zero attached hydrogens (tertiary/aromatic N) is 1. The zero-order valence-corrected chi connectivity index (χ0v) is 8.68. The highest BCUT2D eigenvalue weighted by Crippen LogP contribution is 2.31. The molecule has 3 unspecified atom stereocenters.